The number of carbonyl (C=O) groups excluding carboxylic acids is 2. The zero-order valence-electron chi connectivity index (χ0n) is 21.2. The Morgan fingerprint density at radius 1 is 0.892 bits per heavy atom. The molecule has 0 saturated heterocycles. The molecule has 4 aromatic rings. The lowest BCUT2D eigenvalue weighted by molar-refractivity contribution is -0.117. The van der Waals surface area contributed by atoms with Crippen LogP contribution in [0.1, 0.15) is 38.3 Å². The highest BCUT2D eigenvalue weighted by molar-refractivity contribution is 5.95. The van der Waals surface area contributed by atoms with Gasteiger partial charge in [0.25, 0.3) is 0 Å². The van der Waals surface area contributed by atoms with E-state index in [2.05, 4.69) is 10.6 Å². The Morgan fingerprint density at radius 2 is 1.57 bits per heavy atom. The Kier molecular flexibility index (Phi) is 7.29. The molecule has 6 nitrogen and oxygen atoms in total. The summed E-state index contributed by atoms with van der Waals surface area (Å²) in [5, 5.41) is 6.18. The van der Waals surface area contributed by atoms with Gasteiger partial charge in [-0.05, 0) is 60.4 Å². The molecule has 0 atom stereocenters. The molecule has 0 fully saturated rings. The molecule has 0 radical (unpaired) electrons. The highest BCUT2D eigenvalue weighted by Crippen LogP contribution is 2.31. The Balaban J connectivity index is 1.68. The predicted molar refractivity (Wildman–Crippen MR) is 141 cm³/mol. The van der Waals surface area contributed by atoms with E-state index in [9.17, 15) is 18.4 Å². The number of nitrogens with one attached hydrogen (secondary N) is 2. The minimum absolute atomic E-state index is 0.0981. The lowest BCUT2D eigenvalue weighted by atomic mass is 9.92. The van der Waals surface area contributed by atoms with Crippen LogP contribution in [0.15, 0.2) is 66.7 Å². The van der Waals surface area contributed by atoms with Crippen LogP contribution in [0.4, 0.5) is 25.0 Å². The number of hydrogen-bond acceptors (Lipinski definition) is 3. The fourth-order valence-corrected chi connectivity index (χ4v) is 4.06. The second-order valence-corrected chi connectivity index (χ2v) is 10.2. The quantitative estimate of drug-likeness (QED) is 0.290. The number of rotatable bonds is 6. The van der Waals surface area contributed by atoms with Gasteiger partial charge in [-0.1, -0.05) is 39.0 Å². The van der Waals surface area contributed by atoms with Gasteiger partial charge in [0.15, 0.2) is 0 Å². The molecule has 2 amide bonds. The van der Waals surface area contributed by atoms with E-state index in [-0.39, 0.29) is 29.3 Å². The summed E-state index contributed by atoms with van der Waals surface area (Å²) in [6, 6.07) is 17.6. The van der Waals surface area contributed by atoms with Crippen LogP contribution in [0.5, 0.6) is 5.88 Å². The number of halogens is 2. The first-order chi connectivity index (χ1) is 17.5. The molecule has 0 unspecified atom stereocenters. The van der Waals surface area contributed by atoms with Gasteiger partial charge in [0.2, 0.25) is 11.8 Å². The van der Waals surface area contributed by atoms with E-state index in [1.165, 1.54) is 22.8 Å². The number of hydrogen-bond donors (Lipinski definition) is 2. The van der Waals surface area contributed by atoms with Crippen molar-refractivity contribution in [1.82, 2.24) is 4.57 Å². The number of aryl methyl sites for hydroxylation is 1. The lowest BCUT2D eigenvalue weighted by Gasteiger charge is -2.17. The van der Waals surface area contributed by atoms with Crippen LogP contribution >= 0.6 is 0 Å². The maximum Gasteiger partial charge on any atom is 0.418 e. The highest BCUT2D eigenvalue weighted by atomic mass is 19.1. The van der Waals surface area contributed by atoms with E-state index in [0.29, 0.717) is 28.7 Å². The predicted octanol–water partition coefficient (Wildman–Crippen LogP) is 7.26. The fourth-order valence-electron chi connectivity index (χ4n) is 4.06. The second-order valence-electron chi connectivity index (χ2n) is 10.2. The molecule has 0 bridgehead atoms. The van der Waals surface area contributed by atoms with Gasteiger partial charge in [0.05, 0.1) is 12.1 Å². The molecule has 0 aliphatic heterocycles. The summed E-state index contributed by atoms with van der Waals surface area (Å²) in [5.41, 5.74) is 2.32. The Labute approximate surface area is 214 Å². The summed E-state index contributed by atoms with van der Waals surface area (Å²) in [5.74, 6) is -1.44. The number of nitrogens with zero attached hydrogens (tertiary/aromatic N) is 1. The van der Waals surface area contributed by atoms with Gasteiger partial charge in [-0.2, -0.15) is 0 Å². The van der Waals surface area contributed by atoms with Gasteiger partial charge in [-0.3, -0.25) is 10.1 Å². The minimum Gasteiger partial charge on any atom is -0.393 e. The largest absolute Gasteiger partial charge is 0.418 e. The summed E-state index contributed by atoms with van der Waals surface area (Å²) in [6.07, 6.45) is -0.408. The summed E-state index contributed by atoms with van der Waals surface area (Å²) in [4.78, 5) is 25.1. The second kappa shape index (κ2) is 10.4. The van der Waals surface area contributed by atoms with E-state index in [4.69, 9.17) is 4.74 Å². The van der Waals surface area contributed by atoms with Crippen molar-refractivity contribution < 1.29 is 23.1 Å². The first-order valence-electron chi connectivity index (χ1n) is 11.9. The molecular formula is C29H29F2N3O3. The molecule has 0 spiro atoms. The number of ether oxygens (including phenoxy) is 1. The highest BCUT2D eigenvalue weighted by Gasteiger charge is 2.19. The standard InChI is InChI=1S/C29H29F2N3O3/c1-18-7-5-8-20(13-18)33-28(36)37-27-15-19-14-21(32-26(35)16-29(2,3)4)11-12-25(19)34(27)17-22-23(30)9-6-10-24(22)31/h5-15H,16-17H2,1-4H3,(H,32,35)(H,33,36). The number of amides is 2. The number of carbonyl (C=O) groups is 2. The van der Waals surface area contributed by atoms with Crippen LogP contribution in [-0.4, -0.2) is 16.6 Å². The summed E-state index contributed by atoms with van der Waals surface area (Å²) >= 11 is 0. The zero-order chi connectivity index (χ0) is 26.7. The van der Waals surface area contributed by atoms with Crippen molar-refractivity contribution in [3.63, 3.8) is 0 Å². The van der Waals surface area contributed by atoms with Crippen molar-refractivity contribution in [3.05, 3.63) is 89.5 Å². The molecule has 37 heavy (non-hydrogen) atoms. The smallest absolute Gasteiger partial charge is 0.393 e. The zero-order valence-corrected chi connectivity index (χ0v) is 21.2. The van der Waals surface area contributed by atoms with Crippen LogP contribution in [0.3, 0.4) is 0 Å². The average Bonchev–Trinajstić information content (AvgIpc) is 3.10. The van der Waals surface area contributed by atoms with Gasteiger partial charge in [-0.15, -0.1) is 0 Å². The number of fused-ring (bicyclic) bond motifs is 1. The summed E-state index contributed by atoms with van der Waals surface area (Å²) < 4.78 is 36.1. The van der Waals surface area contributed by atoms with Gasteiger partial charge in [0.1, 0.15) is 11.6 Å². The Morgan fingerprint density at radius 3 is 2.24 bits per heavy atom. The molecule has 2 N–H and O–H groups in total. The third kappa shape index (κ3) is 6.52. The number of benzene rings is 3. The van der Waals surface area contributed by atoms with Gasteiger partial charge in [0, 0.05) is 34.8 Å². The van der Waals surface area contributed by atoms with Crippen LogP contribution < -0.4 is 15.4 Å². The first kappa shape index (κ1) is 25.9. The summed E-state index contributed by atoms with van der Waals surface area (Å²) in [6.45, 7) is 7.62. The fraction of sp³-hybridized carbons (Fsp3) is 0.241. The SMILES string of the molecule is Cc1cccc(NC(=O)Oc2cc3cc(NC(=O)CC(C)(C)C)ccc3n2Cc2c(F)cccc2F)c1. The molecular weight excluding hydrogens is 476 g/mol. The normalized spacial score (nSPS) is 11.4. The van der Waals surface area contributed by atoms with Gasteiger partial charge in [-0.25, -0.2) is 13.6 Å². The molecule has 1 heterocycles. The van der Waals surface area contributed by atoms with Crippen molar-refractivity contribution in [2.24, 2.45) is 5.41 Å². The monoisotopic (exact) mass is 505 g/mol. The molecule has 3 aromatic carbocycles. The Hall–Kier alpha value is -4.20. The molecule has 4 rings (SSSR count). The van der Waals surface area contributed by atoms with Crippen molar-refractivity contribution >= 4 is 34.3 Å². The lowest BCUT2D eigenvalue weighted by Crippen LogP contribution is -2.19. The van der Waals surface area contributed by atoms with Gasteiger partial charge < -0.3 is 14.6 Å². The number of aromatic nitrogens is 1. The van der Waals surface area contributed by atoms with Crippen molar-refractivity contribution in [3.8, 4) is 5.88 Å². The van der Waals surface area contributed by atoms with Crippen molar-refractivity contribution in [2.45, 2.75) is 40.7 Å². The van der Waals surface area contributed by atoms with Crippen LogP contribution in [-0.2, 0) is 11.3 Å². The van der Waals surface area contributed by atoms with Gasteiger partial charge >= 0.3 is 6.09 Å². The molecule has 1 aromatic heterocycles. The first-order valence-corrected chi connectivity index (χ1v) is 11.9. The maximum atomic E-state index is 14.5. The third-order valence-corrected chi connectivity index (χ3v) is 5.68. The van der Waals surface area contributed by atoms with E-state index in [1.807, 2.05) is 33.8 Å². The minimum atomic E-state index is -0.748. The van der Waals surface area contributed by atoms with E-state index < -0.39 is 17.7 Å². The summed E-state index contributed by atoms with van der Waals surface area (Å²) in [7, 11) is 0. The average molecular weight is 506 g/mol. The topological polar surface area (TPSA) is 72.4 Å². The molecule has 0 saturated carbocycles. The van der Waals surface area contributed by atoms with E-state index in [0.717, 1.165) is 5.56 Å². The van der Waals surface area contributed by atoms with Crippen molar-refractivity contribution in [1.29, 1.82) is 0 Å². The molecule has 192 valence electrons. The van der Waals surface area contributed by atoms with Crippen molar-refractivity contribution in [2.75, 3.05) is 10.6 Å². The van der Waals surface area contributed by atoms with Crippen LogP contribution in [0, 0.1) is 24.0 Å². The molecule has 8 heteroatoms. The third-order valence-electron chi connectivity index (χ3n) is 5.68. The molecule has 0 aliphatic rings. The van der Waals surface area contributed by atoms with E-state index in [1.54, 1.807) is 42.5 Å². The van der Waals surface area contributed by atoms with E-state index >= 15 is 0 Å². The Bertz CT molecular complexity index is 1450. The molecule has 0 aliphatic carbocycles. The van der Waals surface area contributed by atoms with Crippen LogP contribution in [0.2, 0.25) is 0 Å². The maximum absolute atomic E-state index is 14.5. The van der Waals surface area contributed by atoms with Crippen LogP contribution in [0.25, 0.3) is 10.9 Å². The number of anilines is 2.